The van der Waals surface area contributed by atoms with Gasteiger partial charge in [0.25, 0.3) is 0 Å². The molecule has 0 radical (unpaired) electrons. The zero-order valence-corrected chi connectivity index (χ0v) is 21.8. The van der Waals surface area contributed by atoms with E-state index in [-0.39, 0.29) is 0 Å². The van der Waals surface area contributed by atoms with Crippen molar-refractivity contribution in [3.63, 3.8) is 0 Å². The Morgan fingerprint density at radius 1 is 0.897 bits per heavy atom. The maximum absolute atomic E-state index is 11.6. The van der Waals surface area contributed by atoms with Crippen molar-refractivity contribution in [1.29, 1.82) is 0 Å². The number of carboxylic acids is 1. The number of benzene rings is 3. The number of methoxy groups -OCH3 is 1. The fourth-order valence-electron chi connectivity index (χ4n) is 5.12. The number of aromatic nitrogens is 2. The molecule has 3 aromatic carbocycles. The molecule has 1 fully saturated rings. The normalized spacial score (nSPS) is 13.7. The van der Waals surface area contributed by atoms with Gasteiger partial charge in [-0.05, 0) is 53.6 Å². The van der Waals surface area contributed by atoms with Gasteiger partial charge in [0.1, 0.15) is 5.75 Å². The molecule has 2 heterocycles. The summed E-state index contributed by atoms with van der Waals surface area (Å²) in [5, 5.41) is 13.8. The quantitative estimate of drug-likeness (QED) is 0.237. The van der Waals surface area contributed by atoms with Gasteiger partial charge >= 0.3 is 5.97 Å². The lowest BCUT2D eigenvalue weighted by Gasteiger charge is -2.11. The number of aliphatic carboxylic acids is 1. The Bertz CT molecular complexity index is 1650. The number of nitrogens with zero attached hydrogens (tertiary/aromatic N) is 2. The molecule has 194 valence electrons. The highest BCUT2D eigenvalue weighted by atomic mass is 16.5. The van der Waals surface area contributed by atoms with E-state index in [1.165, 1.54) is 0 Å². The molecule has 0 atom stereocenters. The minimum atomic E-state index is -0.734. The van der Waals surface area contributed by atoms with Crippen LogP contribution in [0.2, 0.25) is 0 Å². The lowest BCUT2D eigenvalue weighted by Crippen LogP contribution is -2.19. The van der Waals surface area contributed by atoms with Crippen LogP contribution in [0.15, 0.2) is 95.8 Å². The molecule has 0 aliphatic heterocycles. The maximum atomic E-state index is 11.6. The molecule has 6 rings (SSSR count). The standard InChI is InChI=1S/C33H28N2O4/c1-21-30(17-22-4-3-5-26(16-22)27-18-29(38-2)20-34-19-27)31(39-35-21)25-8-6-23(7-9-25)24-10-12-28(13-11-24)33(14-15-33)32(36)37/h3-13,16,18-20H,14-15,17H2,1-2H3,(H,36,37). The third-order valence-electron chi connectivity index (χ3n) is 7.65. The molecule has 1 aliphatic rings. The summed E-state index contributed by atoms with van der Waals surface area (Å²) in [6.07, 6.45) is 5.63. The number of hydrogen-bond acceptors (Lipinski definition) is 5. The molecule has 39 heavy (non-hydrogen) atoms. The summed E-state index contributed by atoms with van der Waals surface area (Å²) in [4.78, 5) is 15.9. The van der Waals surface area contributed by atoms with Gasteiger partial charge in [0, 0.05) is 29.3 Å². The minimum Gasteiger partial charge on any atom is -0.495 e. The van der Waals surface area contributed by atoms with Crippen LogP contribution in [0.3, 0.4) is 0 Å². The van der Waals surface area contributed by atoms with E-state index in [0.717, 1.165) is 61.7 Å². The Labute approximate surface area is 226 Å². The van der Waals surface area contributed by atoms with Gasteiger partial charge in [-0.2, -0.15) is 0 Å². The van der Waals surface area contributed by atoms with Crippen LogP contribution in [0, 0.1) is 6.92 Å². The first kappa shape index (κ1) is 24.6. The first-order chi connectivity index (χ1) is 19.0. The third kappa shape index (κ3) is 4.70. The van der Waals surface area contributed by atoms with E-state index in [1.54, 1.807) is 13.3 Å². The molecule has 6 nitrogen and oxygen atoms in total. The maximum Gasteiger partial charge on any atom is 0.314 e. The van der Waals surface area contributed by atoms with Crippen LogP contribution in [-0.4, -0.2) is 28.3 Å². The van der Waals surface area contributed by atoms with E-state index in [2.05, 4.69) is 40.5 Å². The van der Waals surface area contributed by atoms with Crippen LogP contribution in [0.4, 0.5) is 0 Å². The number of carbonyl (C=O) groups is 1. The second kappa shape index (κ2) is 9.87. The number of pyridine rings is 1. The third-order valence-corrected chi connectivity index (χ3v) is 7.65. The molecule has 0 bridgehead atoms. The van der Waals surface area contributed by atoms with Crippen molar-refractivity contribution >= 4 is 5.97 Å². The molecule has 0 amide bonds. The summed E-state index contributed by atoms with van der Waals surface area (Å²) in [6.45, 7) is 1.97. The smallest absolute Gasteiger partial charge is 0.314 e. The number of rotatable bonds is 8. The second-order valence-corrected chi connectivity index (χ2v) is 10.1. The van der Waals surface area contributed by atoms with E-state index in [4.69, 9.17) is 9.26 Å². The average Bonchev–Trinajstić information content (AvgIpc) is 3.72. The largest absolute Gasteiger partial charge is 0.495 e. The summed E-state index contributed by atoms with van der Waals surface area (Å²) in [7, 11) is 1.64. The molecule has 6 heteroatoms. The number of carboxylic acid groups (broad SMARTS) is 1. The van der Waals surface area contributed by atoms with Crippen LogP contribution in [0.25, 0.3) is 33.6 Å². The lowest BCUT2D eigenvalue weighted by molar-refractivity contribution is -0.140. The molecule has 2 aromatic heterocycles. The highest BCUT2D eigenvalue weighted by molar-refractivity contribution is 5.85. The van der Waals surface area contributed by atoms with Crippen molar-refractivity contribution in [3.05, 3.63) is 114 Å². The molecule has 0 spiro atoms. The summed E-state index contributed by atoms with van der Waals surface area (Å²) in [5.74, 6) is 0.753. The topological polar surface area (TPSA) is 85.5 Å². The molecule has 1 saturated carbocycles. The minimum absolute atomic E-state index is 0.685. The van der Waals surface area contributed by atoms with Crippen LogP contribution in [0.1, 0.15) is 35.2 Å². The van der Waals surface area contributed by atoms with Crippen LogP contribution in [0.5, 0.6) is 5.75 Å². The molecular formula is C33H28N2O4. The van der Waals surface area contributed by atoms with Crippen molar-refractivity contribution in [3.8, 4) is 39.3 Å². The summed E-state index contributed by atoms with van der Waals surface area (Å²) >= 11 is 0. The summed E-state index contributed by atoms with van der Waals surface area (Å²) in [6, 6.07) is 26.5. The van der Waals surface area contributed by atoms with Gasteiger partial charge < -0.3 is 14.4 Å². The molecule has 1 N–H and O–H groups in total. The van der Waals surface area contributed by atoms with E-state index >= 15 is 0 Å². The molecular weight excluding hydrogens is 488 g/mol. The van der Waals surface area contributed by atoms with Crippen LogP contribution in [-0.2, 0) is 16.6 Å². The van der Waals surface area contributed by atoms with Crippen molar-refractivity contribution in [2.24, 2.45) is 0 Å². The van der Waals surface area contributed by atoms with E-state index in [0.29, 0.717) is 19.3 Å². The van der Waals surface area contributed by atoms with E-state index < -0.39 is 11.4 Å². The zero-order valence-electron chi connectivity index (χ0n) is 21.8. The van der Waals surface area contributed by atoms with Gasteiger partial charge in [-0.25, -0.2) is 0 Å². The fourth-order valence-corrected chi connectivity index (χ4v) is 5.12. The monoisotopic (exact) mass is 516 g/mol. The van der Waals surface area contributed by atoms with Gasteiger partial charge in [0.2, 0.25) is 0 Å². The Hall–Kier alpha value is -4.71. The summed E-state index contributed by atoms with van der Waals surface area (Å²) < 4.78 is 11.1. The Balaban J connectivity index is 1.23. The Morgan fingerprint density at radius 3 is 2.26 bits per heavy atom. The first-order valence-electron chi connectivity index (χ1n) is 12.9. The fraction of sp³-hybridized carbons (Fsp3) is 0.182. The molecule has 1 aliphatic carbocycles. The van der Waals surface area contributed by atoms with Gasteiger partial charge in [-0.1, -0.05) is 78.0 Å². The molecule has 0 saturated heterocycles. The van der Waals surface area contributed by atoms with Crippen molar-refractivity contribution in [2.75, 3.05) is 7.11 Å². The number of hydrogen-bond donors (Lipinski definition) is 1. The van der Waals surface area contributed by atoms with Gasteiger partial charge in [0.05, 0.1) is 24.4 Å². The van der Waals surface area contributed by atoms with Gasteiger partial charge in [0.15, 0.2) is 5.76 Å². The predicted molar refractivity (Wildman–Crippen MR) is 150 cm³/mol. The highest BCUT2D eigenvalue weighted by Gasteiger charge is 2.51. The number of aryl methyl sites for hydroxylation is 1. The first-order valence-corrected chi connectivity index (χ1v) is 12.9. The van der Waals surface area contributed by atoms with Gasteiger partial charge in [-0.3, -0.25) is 9.78 Å². The SMILES string of the molecule is COc1cncc(-c2cccc(Cc3c(C)noc3-c3ccc(-c4ccc(C5(C(=O)O)CC5)cc4)cc3)c2)c1. The van der Waals surface area contributed by atoms with Crippen LogP contribution < -0.4 is 4.74 Å². The molecule has 5 aromatic rings. The average molecular weight is 517 g/mol. The zero-order chi connectivity index (χ0) is 27.0. The van der Waals surface area contributed by atoms with Gasteiger partial charge in [-0.15, -0.1) is 0 Å². The Kier molecular flexibility index (Phi) is 6.23. The van der Waals surface area contributed by atoms with Crippen LogP contribution >= 0.6 is 0 Å². The van der Waals surface area contributed by atoms with Crippen molar-refractivity contribution < 1.29 is 19.2 Å². The second-order valence-electron chi connectivity index (χ2n) is 10.1. The van der Waals surface area contributed by atoms with E-state index in [1.807, 2.05) is 61.7 Å². The van der Waals surface area contributed by atoms with Crippen molar-refractivity contribution in [2.45, 2.75) is 31.6 Å². The number of ether oxygens (including phenoxy) is 1. The van der Waals surface area contributed by atoms with Crippen molar-refractivity contribution in [1.82, 2.24) is 10.1 Å². The lowest BCUT2D eigenvalue weighted by atomic mass is 9.93. The Morgan fingerprint density at radius 2 is 1.59 bits per heavy atom. The molecule has 0 unspecified atom stereocenters. The predicted octanol–water partition coefficient (Wildman–Crippen LogP) is 7.09. The highest BCUT2D eigenvalue weighted by Crippen LogP contribution is 2.48. The van der Waals surface area contributed by atoms with E-state index in [9.17, 15) is 9.90 Å². The summed E-state index contributed by atoms with van der Waals surface area (Å²) in [5.41, 5.74) is 8.39.